The van der Waals surface area contributed by atoms with Crippen LogP contribution >= 0.6 is 11.3 Å². The first-order valence-corrected chi connectivity index (χ1v) is 31.5. The van der Waals surface area contributed by atoms with Crippen LogP contribution in [0, 0.1) is 35.5 Å². The molecule has 5 amide bonds. The van der Waals surface area contributed by atoms with Gasteiger partial charge in [-0.25, -0.2) is 14.6 Å². The van der Waals surface area contributed by atoms with Gasteiger partial charge in [0, 0.05) is 77.9 Å². The molecule has 0 radical (unpaired) electrons. The second-order valence-electron chi connectivity index (χ2n) is 26.0. The number of aromatic nitrogens is 1. The van der Waals surface area contributed by atoms with Crippen molar-refractivity contribution in [3.05, 3.63) is 52.5 Å². The number of nitrogens with one attached hydrogen (secondary N) is 3. The number of carbonyl (C=O) groups excluding carboxylic acids is 6. The van der Waals surface area contributed by atoms with E-state index in [-0.39, 0.29) is 87.0 Å². The van der Waals surface area contributed by atoms with Crippen molar-refractivity contribution >= 4 is 53.0 Å². The van der Waals surface area contributed by atoms with Gasteiger partial charge >= 0.3 is 18.2 Å². The lowest BCUT2D eigenvalue weighted by Crippen LogP contribution is -2.54. The van der Waals surface area contributed by atoms with Crippen LogP contribution in [0.15, 0.2) is 41.9 Å². The van der Waals surface area contributed by atoms with Crippen LogP contribution in [0.5, 0.6) is 0 Å². The summed E-state index contributed by atoms with van der Waals surface area (Å²) in [5, 5.41) is 20.6. The Balaban J connectivity index is 0.00000286. The number of hydrogen-bond donors (Lipinski definition) is 4. The van der Waals surface area contributed by atoms with Gasteiger partial charge in [0.05, 0.1) is 48.7 Å². The van der Waals surface area contributed by atoms with E-state index < -0.39 is 71.5 Å². The molecule has 500 valence electrons. The predicted molar refractivity (Wildman–Crippen MR) is 349 cm³/mol. The molecule has 0 aliphatic carbocycles. The Hall–Kier alpha value is -5.22. The summed E-state index contributed by atoms with van der Waals surface area (Å²) in [4.78, 5) is 104. The van der Waals surface area contributed by atoms with Gasteiger partial charge in [-0.2, -0.15) is 0 Å². The number of methoxy groups -OCH3 is 2. The van der Waals surface area contributed by atoms with Gasteiger partial charge < -0.3 is 49.8 Å². The fraction of sp³-hybridized carbons (Fsp3) is 0.758. The van der Waals surface area contributed by atoms with Crippen LogP contribution < -0.4 is 16.0 Å². The molecule has 4 N–H and O–H groups in total. The number of rotatable bonds is 33. The van der Waals surface area contributed by atoms with E-state index in [0.717, 1.165) is 23.4 Å². The number of Topliss-reactive ketones (excluding diaryl/α,β-unsaturated/α-hetero) is 1. The summed E-state index contributed by atoms with van der Waals surface area (Å²) < 4.78 is 22.7. The van der Waals surface area contributed by atoms with Gasteiger partial charge in [0.15, 0.2) is 5.78 Å². The number of ketones is 1. The van der Waals surface area contributed by atoms with E-state index in [2.05, 4.69) is 34.8 Å². The molecule has 1 aromatic carbocycles. The van der Waals surface area contributed by atoms with E-state index in [4.69, 9.17) is 24.1 Å². The molecular weight excluding hydrogens is 1130 g/mol. The lowest BCUT2D eigenvalue weighted by Gasteiger charge is -2.41. The van der Waals surface area contributed by atoms with Crippen LogP contribution in [0.2, 0.25) is 0 Å². The molecular formula is C66H118N8O12S. The number of alkyl carbamates (subject to hydrolysis) is 2. The number of thiazole rings is 1. The number of likely N-dealkylation sites (tertiary alicyclic amines) is 1. The minimum absolute atomic E-state index is 0. The standard InChI is InChI=1S/C50H82N6O8S.C14H28N2O4.2CH4/c1-15-34(6)44(55(12)48(60)37(32(2)3)30-40(57)43(33(4)5)54(11)26-20-24-52-49(61)64-50(8,9)10)41(62-13)31-42(58)56-27-19-23-39(56)45(63-14)35(7)46(59)53-38(47-51-25-28-65-47)29-36-21-17-16-18-22-36;1-10(2)11(12(17)18)16(6)9-7-8-15-13(19)20-14(3,4)5;;/h16-18,21-22,25,28,32-35,37-39,41,43-45H,15,19-20,23-24,26-27,29-31H2,1-14H3,(H,52,61)(H,53,59);10-11H,7-9H2,1-6H3,(H,15,19)(H,17,18);2*1H4/t34-,35+,37-,38-,39-,41+,43-,44-,45+;11-;;/m00../s1. The third-order valence-corrected chi connectivity index (χ3v) is 16.5. The highest BCUT2D eigenvalue weighted by Gasteiger charge is 2.44. The first-order valence-electron chi connectivity index (χ1n) is 30.6. The van der Waals surface area contributed by atoms with Crippen molar-refractivity contribution in [2.45, 2.75) is 224 Å². The van der Waals surface area contributed by atoms with Gasteiger partial charge in [-0.15, -0.1) is 11.3 Å². The molecule has 0 spiro atoms. The molecule has 1 saturated heterocycles. The maximum Gasteiger partial charge on any atom is 0.407 e. The van der Waals surface area contributed by atoms with Crippen molar-refractivity contribution < 1.29 is 57.6 Å². The van der Waals surface area contributed by atoms with Gasteiger partial charge in [0.1, 0.15) is 22.3 Å². The number of aliphatic carboxylic acids is 1. The molecule has 87 heavy (non-hydrogen) atoms. The van der Waals surface area contributed by atoms with Gasteiger partial charge in [0.2, 0.25) is 17.7 Å². The Morgan fingerprint density at radius 2 is 1.29 bits per heavy atom. The lowest BCUT2D eigenvalue weighted by atomic mass is 9.83. The number of ether oxygens (including phenoxy) is 4. The lowest BCUT2D eigenvalue weighted by molar-refractivity contribution is -0.149. The van der Waals surface area contributed by atoms with E-state index in [1.807, 2.05) is 122 Å². The summed E-state index contributed by atoms with van der Waals surface area (Å²) in [5.74, 6) is -2.55. The first-order chi connectivity index (χ1) is 39.7. The van der Waals surface area contributed by atoms with Crippen molar-refractivity contribution in [1.82, 2.24) is 40.5 Å². The zero-order valence-electron chi connectivity index (χ0n) is 55.3. The summed E-state index contributed by atoms with van der Waals surface area (Å²) in [6, 6.07) is 7.99. The molecule has 21 heteroatoms. The molecule has 2 heterocycles. The molecule has 1 fully saturated rings. The summed E-state index contributed by atoms with van der Waals surface area (Å²) in [7, 11) is 8.65. The average molecular weight is 1250 g/mol. The summed E-state index contributed by atoms with van der Waals surface area (Å²) >= 11 is 1.50. The minimum Gasteiger partial charge on any atom is -0.480 e. The first kappa shape index (κ1) is 81.8. The summed E-state index contributed by atoms with van der Waals surface area (Å²) in [6.07, 6.45) is 3.83. The van der Waals surface area contributed by atoms with Crippen LogP contribution in [-0.2, 0) is 49.3 Å². The maximum absolute atomic E-state index is 14.7. The zero-order chi connectivity index (χ0) is 64.5. The predicted octanol–water partition coefficient (Wildman–Crippen LogP) is 10.8. The number of benzene rings is 1. The molecule has 0 bridgehead atoms. The van der Waals surface area contributed by atoms with Crippen LogP contribution in [0.4, 0.5) is 9.59 Å². The quantitative estimate of drug-likeness (QED) is 0.0486. The van der Waals surface area contributed by atoms with Crippen LogP contribution in [0.25, 0.3) is 0 Å². The second-order valence-corrected chi connectivity index (χ2v) is 26.9. The average Bonchev–Trinajstić information content (AvgIpc) is 2.24. The summed E-state index contributed by atoms with van der Waals surface area (Å²) in [5.41, 5.74) is -0.00983. The number of carboxylic acid groups (broad SMARTS) is 1. The third kappa shape index (κ3) is 28.0. The Bertz CT molecular complexity index is 2330. The maximum atomic E-state index is 14.7. The van der Waals surface area contributed by atoms with E-state index >= 15 is 0 Å². The molecule has 10 atom stereocenters. The highest BCUT2D eigenvalue weighted by Crippen LogP contribution is 2.32. The largest absolute Gasteiger partial charge is 0.480 e. The molecule has 1 aliphatic rings. The van der Waals surface area contributed by atoms with Crippen LogP contribution in [0.3, 0.4) is 0 Å². The fourth-order valence-electron chi connectivity index (χ4n) is 11.3. The van der Waals surface area contributed by atoms with Crippen molar-refractivity contribution in [1.29, 1.82) is 0 Å². The number of carboxylic acids is 1. The normalized spacial score (nSPS) is 16.6. The minimum atomic E-state index is -0.817. The summed E-state index contributed by atoms with van der Waals surface area (Å²) in [6.45, 7) is 31.1. The van der Waals surface area contributed by atoms with E-state index in [9.17, 15) is 33.6 Å². The molecule has 0 saturated carbocycles. The topological polar surface area (TPSA) is 239 Å². The Morgan fingerprint density at radius 3 is 1.72 bits per heavy atom. The molecule has 20 nitrogen and oxygen atoms in total. The van der Waals surface area contributed by atoms with Gasteiger partial charge in [-0.3, -0.25) is 33.8 Å². The molecule has 2 aromatic rings. The van der Waals surface area contributed by atoms with E-state index in [0.29, 0.717) is 58.4 Å². The molecule has 1 aliphatic heterocycles. The smallest absolute Gasteiger partial charge is 0.407 e. The Labute approximate surface area is 528 Å². The van der Waals surface area contributed by atoms with Crippen LogP contribution in [0.1, 0.15) is 180 Å². The van der Waals surface area contributed by atoms with Crippen LogP contribution in [-0.4, -0.2) is 187 Å². The van der Waals surface area contributed by atoms with E-state index in [1.165, 1.54) is 11.3 Å². The Morgan fingerprint density at radius 1 is 0.759 bits per heavy atom. The number of carbonyl (C=O) groups is 7. The highest BCUT2D eigenvalue weighted by molar-refractivity contribution is 7.09. The highest BCUT2D eigenvalue weighted by atomic mass is 32.1. The van der Waals surface area contributed by atoms with Gasteiger partial charge in [-0.05, 0) is 117 Å². The zero-order valence-corrected chi connectivity index (χ0v) is 56.1. The third-order valence-electron chi connectivity index (χ3n) is 15.7. The number of hydrogen-bond acceptors (Lipinski definition) is 15. The van der Waals surface area contributed by atoms with Gasteiger partial charge in [-0.1, -0.05) is 114 Å². The molecule has 0 unspecified atom stereocenters. The van der Waals surface area contributed by atoms with Crippen molar-refractivity contribution in [2.24, 2.45) is 35.5 Å². The fourth-order valence-corrected chi connectivity index (χ4v) is 12.0. The monoisotopic (exact) mass is 1250 g/mol. The van der Waals surface area contributed by atoms with Crippen molar-refractivity contribution in [3.8, 4) is 0 Å². The molecule has 1 aromatic heterocycles. The van der Waals surface area contributed by atoms with Crippen molar-refractivity contribution in [3.63, 3.8) is 0 Å². The Kier molecular flexibility index (Phi) is 37.3. The second kappa shape index (κ2) is 39.7. The molecule has 3 rings (SSSR count). The number of amides is 5. The van der Waals surface area contributed by atoms with Gasteiger partial charge in [0.25, 0.3) is 0 Å². The van der Waals surface area contributed by atoms with Crippen molar-refractivity contribution in [2.75, 3.05) is 68.1 Å². The van der Waals surface area contributed by atoms with E-state index in [1.54, 1.807) is 65.1 Å². The number of nitrogens with zero attached hydrogens (tertiary/aromatic N) is 5. The number of likely N-dealkylation sites (N-methyl/N-ethyl adjacent to an activating group) is 3. The SMILES string of the molecule is C.C.CC(C)[C@@H](C(=O)O)N(C)CCCNC(=O)OC(C)(C)C.CC[C@H](C)[C@@H]([C@@H](CC(=O)N1CCC[C@H]1[C@H](OC)[C@@H](C)C(=O)N[C@@H](Cc1ccccc1)c1nccs1)OC)N(C)C(=O)[C@@H](CC(=O)[C@H](C(C)C)N(C)CCCNC(=O)OC(C)(C)C)C(C)C.